The number of nitrogens with one attached hydrogen (secondary N) is 2. The molecule has 0 saturated heterocycles. The third-order valence-corrected chi connectivity index (χ3v) is 18.3. The van der Waals surface area contributed by atoms with Crippen molar-refractivity contribution < 1.29 is 8.85 Å². The van der Waals surface area contributed by atoms with Gasteiger partial charge < -0.3 is 19.2 Å². The third-order valence-electron chi connectivity index (χ3n) is 9.07. The largest absolute Gasteiger partial charge is 0.416 e. The topological polar surface area (TPSA) is 85.0 Å². The lowest BCUT2D eigenvalue weighted by Gasteiger charge is -2.41. The van der Waals surface area contributed by atoms with Gasteiger partial charge in [-0.3, -0.25) is 0 Å². The molecule has 2 aromatic heterocycles. The molecule has 1 fully saturated rings. The number of hydrogen-bond acceptors (Lipinski definition) is 6. The first kappa shape index (κ1) is 30.2. The summed E-state index contributed by atoms with van der Waals surface area (Å²) in [6.45, 7) is 23.9. The Kier molecular flexibility index (Phi) is 8.43. The summed E-state index contributed by atoms with van der Waals surface area (Å²) in [5.74, 6) is 1.79. The van der Waals surface area contributed by atoms with E-state index in [0.29, 0.717) is 16.6 Å². The van der Waals surface area contributed by atoms with Crippen molar-refractivity contribution in [3.63, 3.8) is 0 Å². The minimum Gasteiger partial charge on any atom is -0.416 e. The van der Waals surface area contributed by atoms with E-state index >= 15 is 0 Å². The van der Waals surface area contributed by atoms with E-state index in [0.717, 1.165) is 42.2 Å². The number of aromatic nitrogens is 4. The number of anilines is 1. The summed E-state index contributed by atoms with van der Waals surface area (Å²) in [5.41, 5.74) is 2.35. The van der Waals surface area contributed by atoms with E-state index in [9.17, 15) is 0 Å². The van der Waals surface area contributed by atoms with Gasteiger partial charge >= 0.3 is 0 Å². The van der Waals surface area contributed by atoms with Crippen LogP contribution in [0, 0.1) is 5.92 Å². The van der Waals surface area contributed by atoms with Crippen LogP contribution >= 0.6 is 11.6 Å². The van der Waals surface area contributed by atoms with E-state index in [1.165, 1.54) is 0 Å². The van der Waals surface area contributed by atoms with Crippen molar-refractivity contribution in [2.24, 2.45) is 5.92 Å². The summed E-state index contributed by atoms with van der Waals surface area (Å²) < 4.78 is 13.8. The molecule has 10 heteroatoms. The van der Waals surface area contributed by atoms with Gasteiger partial charge in [-0.15, -0.1) is 0 Å². The molecule has 2 N–H and O–H groups in total. The Morgan fingerprint density at radius 2 is 1.69 bits per heavy atom. The molecule has 1 aliphatic carbocycles. The van der Waals surface area contributed by atoms with Crippen molar-refractivity contribution in [2.45, 2.75) is 103 Å². The maximum Gasteiger partial charge on any atom is 0.192 e. The maximum absolute atomic E-state index is 7.02. The molecule has 39 heavy (non-hydrogen) atoms. The number of H-pyrrole nitrogens is 1. The molecule has 4 rings (SSSR count). The molecule has 0 radical (unpaired) electrons. The monoisotopic (exact) mass is 587 g/mol. The first-order valence-corrected chi connectivity index (χ1v) is 20.2. The number of imidazole rings is 1. The van der Waals surface area contributed by atoms with Crippen LogP contribution in [0.1, 0.15) is 54.4 Å². The lowest BCUT2D eigenvalue weighted by molar-refractivity contribution is 0.101. The quantitative estimate of drug-likeness (QED) is 0.258. The number of hydrogen-bond donors (Lipinski definition) is 2. The van der Waals surface area contributed by atoms with E-state index in [-0.39, 0.29) is 22.2 Å². The number of aromatic amines is 1. The molecular weight excluding hydrogens is 542 g/mol. The fourth-order valence-electron chi connectivity index (χ4n) is 4.51. The second-order valence-electron chi connectivity index (χ2n) is 14.1. The molecule has 214 valence electrons. The molecule has 0 spiro atoms. The molecule has 1 aromatic carbocycles. The molecule has 0 aliphatic heterocycles. The fraction of sp³-hybridized carbons (Fsp3) is 0.621. The summed E-state index contributed by atoms with van der Waals surface area (Å²) in [6, 6.07) is 7.86. The van der Waals surface area contributed by atoms with Gasteiger partial charge in [0.1, 0.15) is 12.2 Å². The highest BCUT2D eigenvalue weighted by atomic mass is 35.5. The van der Waals surface area contributed by atoms with Gasteiger partial charge in [-0.1, -0.05) is 65.3 Å². The van der Waals surface area contributed by atoms with Gasteiger partial charge in [0.05, 0.1) is 6.10 Å². The van der Waals surface area contributed by atoms with E-state index < -0.39 is 16.6 Å². The maximum atomic E-state index is 7.02. The summed E-state index contributed by atoms with van der Waals surface area (Å²) in [4.78, 5) is 17.2. The Bertz CT molecular complexity index is 1300. The molecular formula is C29H46ClN5O2Si2. The van der Waals surface area contributed by atoms with Crippen LogP contribution in [0.15, 0.2) is 30.6 Å². The zero-order chi connectivity index (χ0) is 28.8. The zero-order valence-corrected chi connectivity index (χ0v) is 28.0. The Morgan fingerprint density at radius 1 is 1.00 bits per heavy atom. The zero-order valence-electron chi connectivity index (χ0n) is 25.3. The van der Waals surface area contributed by atoms with Crippen LogP contribution in [0.5, 0.6) is 0 Å². The third kappa shape index (κ3) is 6.76. The second-order valence-corrected chi connectivity index (χ2v) is 24.1. The van der Waals surface area contributed by atoms with E-state index in [1.807, 2.05) is 24.3 Å². The normalized spacial score (nSPS) is 21.1. The van der Waals surface area contributed by atoms with Crippen molar-refractivity contribution >= 4 is 45.2 Å². The second kappa shape index (κ2) is 10.9. The summed E-state index contributed by atoms with van der Waals surface area (Å²) in [7, 11) is -3.83. The number of halogens is 1. The lowest BCUT2D eigenvalue weighted by Crippen LogP contribution is -2.46. The van der Waals surface area contributed by atoms with Gasteiger partial charge in [-0.2, -0.15) is 0 Å². The number of benzene rings is 1. The highest BCUT2D eigenvalue weighted by Crippen LogP contribution is 2.43. The smallest absolute Gasteiger partial charge is 0.192 e. The molecule has 2 heterocycles. The average molecular weight is 588 g/mol. The first-order valence-electron chi connectivity index (χ1n) is 14.0. The Labute approximate surface area is 241 Å². The van der Waals surface area contributed by atoms with Gasteiger partial charge in [-0.25, -0.2) is 15.0 Å². The summed E-state index contributed by atoms with van der Waals surface area (Å²) in [5, 5.41) is 4.69. The Balaban J connectivity index is 1.57. The predicted octanol–water partition coefficient (Wildman–Crippen LogP) is 8.28. The number of fused-ring (bicyclic) bond motifs is 1. The first-order chi connectivity index (χ1) is 18.0. The van der Waals surface area contributed by atoms with E-state index in [1.54, 1.807) is 6.33 Å². The van der Waals surface area contributed by atoms with Crippen LogP contribution in [0.3, 0.4) is 0 Å². The number of rotatable bonds is 8. The molecule has 0 bridgehead atoms. The van der Waals surface area contributed by atoms with Crippen molar-refractivity contribution in [2.75, 3.05) is 11.9 Å². The van der Waals surface area contributed by atoms with Crippen LogP contribution in [-0.4, -0.2) is 55.3 Å². The Morgan fingerprint density at radius 3 is 2.33 bits per heavy atom. The van der Waals surface area contributed by atoms with Crippen molar-refractivity contribution in [1.82, 2.24) is 19.9 Å². The molecule has 1 saturated carbocycles. The van der Waals surface area contributed by atoms with Crippen LogP contribution in [-0.2, 0) is 8.85 Å². The van der Waals surface area contributed by atoms with Gasteiger partial charge in [0, 0.05) is 29.2 Å². The SMILES string of the molecule is CC(C)(C)[Si](C)(C)OC[C@@H]1C[C@@H](Nc2ncnc3[nH]c(-c4cccc(Cl)c4)nc23)C[C@@H]1O[Si](C)(C)C(C)(C)C. The highest BCUT2D eigenvalue weighted by Gasteiger charge is 2.45. The predicted molar refractivity (Wildman–Crippen MR) is 167 cm³/mol. The molecule has 7 nitrogen and oxygen atoms in total. The van der Waals surface area contributed by atoms with Gasteiger partial charge in [0.2, 0.25) is 0 Å². The summed E-state index contributed by atoms with van der Waals surface area (Å²) >= 11 is 6.22. The van der Waals surface area contributed by atoms with Gasteiger partial charge in [-0.05, 0) is 61.2 Å². The summed E-state index contributed by atoms with van der Waals surface area (Å²) in [6.07, 6.45) is 3.60. The van der Waals surface area contributed by atoms with Crippen LogP contribution in [0.4, 0.5) is 5.82 Å². The molecule has 0 amide bonds. The Hall–Kier alpha value is -1.79. The van der Waals surface area contributed by atoms with Crippen LogP contribution in [0.2, 0.25) is 41.3 Å². The molecule has 3 aromatic rings. The van der Waals surface area contributed by atoms with Crippen molar-refractivity contribution in [3.05, 3.63) is 35.6 Å². The fourth-order valence-corrected chi connectivity index (χ4v) is 7.16. The van der Waals surface area contributed by atoms with E-state index in [4.69, 9.17) is 25.4 Å². The van der Waals surface area contributed by atoms with Crippen LogP contribution < -0.4 is 5.32 Å². The molecule has 3 atom stereocenters. The minimum absolute atomic E-state index is 0.145. The van der Waals surface area contributed by atoms with E-state index in [2.05, 4.69) is 88.0 Å². The molecule has 0 unspecified atom stereocenters. The number of nitrogens with zero attached hydrogens (tertiary/aromatic N) is 3. The average Bonchev–Trinajstić information content (AvgIpc) is 3.40. The van der Waals surface area contributed by atoms with Gasteiger partial charge in [0.25, 0.3) is 0 Å². The minimum atomic E-state index is -1.95. The van der Waals surface area contributed by atoms with Crippen molar-refractivity contribution in [1.29, 1.82) is 0 Å². The van der Waals surface area contributed by atoms with Crippen LogP contribution in [0.25, 0.3) is 22.6 Å². The lowest BCUT2D eigenvalue weighted by atomic mass is 10.1. The van der Waals surface area contributed by atoms with Gasteiger partial charge in [0.15, 0.2) is 33.6 Å². The molecule has 1 aliphatic rings. The standard InChI is InChI=1S/C29H46ClN5O2Si2/c1-28(2,3)38(7,8)36-17-20-15-22(16-23(20)37-39(9,10)29(4,5)6)33-26-24-27(32-18-31-26)35-25(34-24)19-12-11-13-21(30)14-19/h11-14,18,20,22-23H,15-17H2,1-10H3,(H2,31,32,33,34,35)/t20-,22+,23-/m0/s1. The highest BCUT2D eigenvalue weighted by molar-refractivity contribution is 6.74. The van der Waals surface area contributed by atoms with Crippen molar-refractivity contribution in [3.8, 4) is 11.4 Å².